The molecule has 0 radical (unpaired) electrons. The van der Waals surface area contributed by atoms with Crippen molar-refractivity contribution in [2.75, 3.05) is 6.61 Å². The first kappa shape index (κ1) is 12.4. The zero-order chi connectivity index (χ0) is 9.23. The Morgan fingerprint density at radius 2 is 1.67 bits per heavy atom. The van der Waals surface area contributed by atoms with Crippen LogP contribution in [0.3, 0.4) is 0 Å². The second-order valence-corrected chi connectivity index (χ2v) is 4.63. The predicted molar refractivity (Wildman–Crippen MR) is 57.8 cm³/mol. The van der Waals surface area contributed by atoms with E-state index in [1.54, 1.807) is 0 Å². The molecule has 0 aromatic heterocycles. The molecule has 12 heavy (non-hydrogen) atoms. The monoisotopic (exact) mass is 236 g/mol. The molecule has 74 valence electrons. The van der Waals surface area contributed by atoms with E-state index in [0.29, 0.717) is 4.83 Å². The van der Waals surface area contributed by atoms with E-state index >= 15 is 0 Å². The molecule has 0 aromatic carbocycles. The number of rotatable bonds is 8. The van der Waals surface area contributed by atoms with Crippen molar-refractivity contribution in [3.63, 3.8) is 0 Å². The fraction of sp³-hybridized carbons (Fsp3) is 1.00. The minimum absolute atomic E-state index is 0.273. The van der Waals surface area contributed by atoms with Crippen LogP contribution in [0.2, 0.25) is 0 Å². The highest BCUT2D eigenvalue weighted by atomic mass is 79.9. The highest BCUT2D eigenvalue weighted by Gasteiger charge is 2.00. The quantitative estimate of drug-likeness (QED) is 0.506. The van der Waals surface area contributed by atoms with Crippen molar-refractivity contribution < 1.29 is 5.11 Å². The average molecular weight is 237 g/mol. The zero-order valence-corrected chi connectivity index (χ0v) is 9.65. The fourth-order valence-corrected chi connectivity index (χ4v) is 1.56. The minimum atomic E-state index is 0.273. The molecule has 1 nitrogen and oxygen atoms in total. The van der Waals surface area contributed by atoms with E-state index in [-0.39, 0.29) is 6.61 Å². The number of hydrogen-bond donors (Lipinski definition) is 1. The Morgan fingerprint density at radius 3 is 2.25 bits per heavy atom. The summed E-state index contributed by atoms with van der Waals surface area (Å²) in [5.41, 5.74) is 0. The van der Waals surface area contributed by atoms with Gasteiger partial charge in [0.05, 0.1) is 6.61 Å². The van der Waals surface area contributed by atoms with Gasteiger partial charge in [0, 0.05) is 4.83 Å². The van der Waals surface area contributed by atoms with E-state index in [2.05, 4.69) is 22.9 Å². The first-order chi connectivity index (χ1) is 5.81. The van der Waals surface area contributed by atoms with E-state index in [0.717, 1.165) is 6.42 Å². The smallest absolute Gasteiger partial charge is 0.0556 e. The molecule has 0 heterocycles. The summed E-state index contributed by atoms with van der Waals surface area (Å²) in [4.78, 5) is 0.323. The summed E-state index contributed by atoms with van der Waals surface area (Å²) in [5.74, 6) is 0. The Morgan fingerprint density at radius 1 is 1.08 bits per heavy atom. The largest absolute Gasteiger partial charge is 0.395 e. The van der Waals surface area contributed by atoms with E-state index < -0.39 is 0 Å². The molecule has 0 amide bonds. The van der Waals surface area contributed by atoms with Crippen LogP contribution in [0.4, 0.5) is 0 Å². The first-order valence-electron chi connectivity index (χ1n) is 5.06. The predicted octanol–water partition coefficient (Wildman–Crippen LogP) is 3.49. The highest BCUT2D eigenvalue weighted by molar-refractivity contribution is 9.09. The molecular formula is C10H21BrO. The third kappa shape index (κ3) is 8.54. The summed E-state index contributed by atoms with van der Waals surface area (Å²) >= 11 is 3.41. The molecule has 0 aliphatic heterocycles. The van der Waals surface area contributed by atoms with Crippen LogP contribution in [0.5, 0.6) is 0 Å². The number of aliphatic hydroxyl groups excluding tert-OH is 1. The summed E-state index contributed by atoms with van der Waals surface area (Å²) in [6, 6.07) is 0. The molecule has 0 saturated carbocycles. The van der Waals surface area contributed by atoms with Crippen molar-refractivity contribution in [2.45, 2.75) is 56.7 Å². The molecule has 0 saturated heterocycles. The number of hydrogen-bond acceptors (Lipinski definition) is 1. The van der Waals surface area contributed by atoms with E-state index in [9.17, 15) is 0 Å². The van der Waals surface area contributed by atoms with Gasteiger partial charge in [-0.05, 0) is 6.42 Å². The molecule has 0 fully saturated rings. The summed E-state index contributed by atoms with van der Waals surface area (Å²) in [6.07, 6.45) is 9.11. The lowest BCUT2D eigenvalue weighted by Crippen LogP contribution is -2.02. The second-order valence-electron chi connectivity index (χ2n) is 3.34. The van der Waals surface area contributed by atoms with Crippen LogP contribution < -0.4 is 0 Å². The Bertz CT molecular complexity index is 85.9. The normalized spacial score (nSPS) is 13.2. The molecule has 0 rings (SSSR count). The van der Waals surface area contributed by atoms with E-state index in [1.165, 1.54) is 38.5 Å². The molecule has 0 aliphatic rings. The van der Waals surface area contributed by atoms with Gasteiger partial charge < -0.3 is 5.11 Å². The van der Waals surface area contributed by atoms with Crippen molar-refractivity contribution in [3.05, 3.63) is 0 Å². The third-order valence-electron chi connectivity index (χ3n) is 2.07. The van der Waals surface area contributed by atoms with E-state index in [4.69, 9.17) is 5.11 Å². The maximum atomic E-state index is 8.73. The highest BCUT2D eigenvalue weighted by Crippen LogP contribution is 2.12. The molecule has 0 aromatic rings. The molecule has 0 unspecified atom stereocenters. The van der Waals surface area contributed by atoms with Crippen LogP contribution >= 0.6 is 15.9 Å². The Labute approximate surface area is 84.7 Å². The van der Waals surface area contributed by atoms with Crippen molar-refractivity contribution in [1.29, 1.82) is 0 Å². The summed E-state index contributed by atoms with van der Waals surface area (Å²) in [5, 5.41) is 8.73. The fourth-order valence-electron chi connectivity index (χ4n) is 1.24. The summed E-state index contributed by atoms with van der Waals surface area (Å²) < 4.78 is 0. The second kappa shape index (κ2) is 9.53. The molecule has 1 atom stereocenters. The molecular weight excluding hydrogens is 216 g/mol. The topological polar surface area (TPSA) is 20.2 Å². The number of alkyl halides is 1. The number of aliphatic hydroxyl groups is 1. The lowest BCUT2D eigenvalue weighted by Gasteiger charge is -2.04. The zero-order valence-electron chi connectivity index (χ0n) is 8.06. The van der Waals surface area contributed by atoms with Gasteiger partial charge in [-0.15, -0.1) is 0 Å². The van der Waals surface area contributed by atoms with Crippen molar-refractivity contribution in [1.82, 2.24) is 0 Å². The van der Waals surface area contributed by atoms with Gasteiger partial charge in [0.2, 0.25) is 0 Å². The molecule has 0 aliphatic carbocycles. The lowest BCUT2D eigenvalue weighted by atomic mass is 10.1. The van der Waals surface area contributed by atoms with Crippen molar-refractivity contribution in [2.24, 2.45) is 0 Å². The summed E-state index contributed by atoms with van der Waals surface area (Å²) in [6.45, 7) is 2.51. The molecule has 2 heteroatoms. The maximum absolute atomic E-state index is 8.73. The Kier molecular flexibility index (Phi) is 9.88. The SMILES string of the molecule is CCCCCCCC[C@H](Br)CO. The van der Waals surface area contributed by atoms with Gasteiger partial charge in [0.25, 0.3) is 0 Å². The van der Waals surface area contributed by atoms with Gasteiger partial charge in [0.15, 0.2) is 0 Å². The Hall–Kier alpha value is 0.440. The number of unbranched alkanes of at least 4 members (excludes halogenated alkanes) is 5. The average Bonchev–Trinajstić information content (AvgIpc) is 2.10. The number of halogens is 1. The van der Waals surface area contributed by atoms with Crippen LogP contribution in [-0.2, 0) is 0 Å². The van der Waals surface area contributed by atoms with Gasteiger partial charge in [-0.1, -0.05) is 61.4 Å². The minimum Gasteiger partial charge on any atom is -0.395 e. The van der Waals surface area contributed by atoms with Crippen LogP contribution in [0.1, 0.15) is 51.9 Å². The van der Waals surface area contributed by atoms with Gasteiger partial charge in [-0.25, -0.2) is 0 Å². The van der Waals surface area contributed by atoms with Crippen LogP contribution in [-0.4, -0.2) is 16.5 Å². The Balaban J connectivity index is 2.90. The molecule has 1 N–H and O–H groups in total. The molecule has 0 bridgehead atoms. The third-order valence-corrected chi connectivity index (χ3v) is 2.82. The van der Waals surface area contributed by atoms with Crippen molar-refractivity contribution in [3.8, 4) is 0 Å². The van der Waals surface area contributed by atoms with Gasteiger partial charge in [0.1, 0.15) is 0 Å². The standard InChI is InChI=1S/C10H21BrO/c1-2-3-4-5-6-7-8-10(11)9-12/h10,12H,2-9H2,1H3/t10-/m0/s1. The van der Waals surface area contributed by atoms with Crippen molar-refractivity contribution >= 4 is 15.9 Å². The lowest BCUT2D eigenvalue weighted by molar-refractivity contribution is 0.290. The van der Waals surface area contributed by atoms with Gasteiger partial charge >= 0.3 is 0 Å². The first-order valence-corrected chi connectivity index (χ1v) is 5.97. The van der Waals surface area contributed by atoms with Gasteiger partial charge in [-0.2, -0.15) is 0 Å². The van der Waals surface area contributed by atoms with Crippen LogP contribution in [0, 0.1) is 0 Å². The van der Waals surface area contributed by atoms with Crippen LogP contribution in [0.25, 0.3) is 0 Å². The van der Waals surface area contributed by atoms with Gasteiger partial charge in [-0.3, -0.25) is 0 Å². The molecule has 0 spiro atoms. The van der Waals surface area contributed by atoms with E-state index in [1.807, 2.05) is 0 Å². The summed E-state index contributed by atoms with van der Waals surface area (Å²) in [7, 11) is 0. The maximum Gasteiger partial charge on any atom is 0.0556 e. The van der Waals surface area contributed by atoms with Crippen LogP contribution in [0.15, 0.2) is 0 Å².